The summed E-state index contributed by atoms with van der Waals surface area (Å²) in [4.78, 5) is 12.0. The molecule has 0 aliphatic carbocycles. The molecule has 0 saturated heterocycles. The fourth-order valence-electron chi connectivity index (χ4n) is 3.19. The summed E-state index contributed by atoms with van der Waals surface area (Å²) >= 11 is 0. The SMILES string of the molecule is CCOCCCC(=O)Nc1cc(-c2nnc3n2CCCCC3)c(F)cc1F. The van der Waals surface area contributed by atoms with Gasteiger partial charge in [0.25, 0.3) is 0 Å². The highest BCUT2D eigenvalue weighted by atomic mass is 19.1. The number of hydrogen-bond acceptors (Lipinski definition) is 4. The minimum absolute atomic E-state index is 0.0567. The molecule has 0 spiro atoms. The highest BCUT2D eigenvalue weighted by Crippen LogP contribution is 2.29. The van der Waals surface area contributed by atoms with E-state index in [-0.39, 0.29) is 23.6 Å². The molecule has 2 aromatic rings. The number of ether oxygens (including phenoxy) is 1. The maximum atomic E-state index is 14.4. The molecular formula is C19H24F2N4O2. The minimum Gasteiger partial charge on any atom is -0.382 e. The van der Waals surface area contributed by atoms with E-state index in [1.165, 1.54) is 6.07 Å². The first-order valence-corrected chi connectivity index (χ1v) is 9.39. The Balaban J connectivity index is 1.81. The molecule has 146 valence electrons. The van der Waals surface area contributed by atoms with Gasteiger partial charge < -0.3 is 14.6 Å². The second-order valence-corrected chi connectivity index (χ2v) is 6.56. The molecule has 6 nitrogen and oxygen atoms in total. The molecular weight excluding hydrogens is 354 g/mol. The Hall–Kier alpha value is -2.35. The van der Waals surface area contributed by atoms with E-state index in [1.807, 2.05) is 11.5 Å². The zero-order valence-corrected chi connectivity index (χ0v) is 15.4. The number of hydrogen-bond donors (Lipinski definition) is 1. The predicted molar refractivity (Wildman–Crippen MR) is 97.3 cm³/mol. The van der Waals surface area contributed by atoms with Crippen molar-refractivity contribution in [1.82, 2.24) is 14.8 Å². The smallest absolute Gasteiger partial charge is 0.224 e. The summed E-state index contributed by atoms with van der Waals surface area (Å²) in [6.07, 6.45) is 4.59. The van der Waals surface area contributed by atoms with E-state index in [2.05, 4.69) is 15.5 Å². The van der Waals surface area contributed by atoms with Crippen LogP contribution in [0.25, 0.3) is 11.4 Å². The molecule has 0 atom stereocenters. The van der Waals surface area contributed by atoms with E-state index in [0.717, 1.165) is 37.6 Å². The third-order valence-corrected chi connectivity index (χ3v) is 4.58. The second-order valence-electron chi connectivity index (χ2n) is 6.56. The van der Waals surface area contributed by atoms with E-state index in [1.54, 1.807) is 0 Å². The number of aromatic nitrogens is 3. The van der Waals surface area contributed by atoms with Crippen molar-refractivity contribution in [1.29, 1.82) is 0 Å². The first-order valence-electron chi connectivity index (χ1n) is 9.39. The molecule has 0 unspecified atom stereocenters. The van der Waals surface area contributed by atoms with Gasteiger partial charge >= 0.3 is 0 Å². The van der Waals surface area contributed by atoms with Crippen molar-refractivity contribution in [2.45, 2.75) is 52.0 Å². The zero-order valence-electron chi connectivity index (χ0n) is 15.4. The molecule has 1 aliphatic heterocycles. The third-order valence-electron chi connectivity index (χ3n) is 4.58. The Kier molecular flexibility index (Phi) is 6.49. The monoisotopic (exact) mass is 378 g/mol. The van der Waals surface area contributed by atoms with Crippen LogP contribution >= 0.6 is 0 Å². The summed E-state index contributed by atoms with van der Waals surface area (Å²) in [6.45, 7) is 3.63. The van der Waals surface area contributed by atoms with Gasteiger partial charge in [0, 0.05) is 38.7 Å². The lowest BCUT2D eigenvalue weighted by Gasteiger charge is -2.11. The lowest BCUT2D eigenvalue weighted by molar-refractivity contribution is -0.116. The van der Waals surface area contributed by atoms with Crippen LogP contribution in [0.3, 0.4) is 0 Å². The quantitative estimate of drug-likeness (QED) is 0.746. The molecule has 0 radical (unpaired) electrons. The summed E-state index contributed by atoms with van der Waals surface area (Å²) < 4.78 is 35.7. The van der Waals surface area contributed by atoms with E-state index in [0.29, 0.717) is 32.0 Å². The van der Waals surface area contributed by atoms with Crippen LogP contribution in [0.2, 0.25) is 0 Å². The first-order chi connectivity index (χ1) is 13.1. The number of carbonyl (C=O) groups excluding carboxylic acids is 1. The van der Waals surface area contributed by atoms with Gasteiger partial charge in [-0.25, -0.2) is 8.78 Å². The number of rotatable bonds is 7. The summed E-state index contributed by atoms with van der Waals surface area (Å²) in [5.74, 6) is -0.693. The topological polar surface area (TPSA) is 69.0 Å². The summed E-state index contributed by atoms with van der Waals surface area (Å²) in [7, 11) is 0. The number of aryl methyl sites for hydroxylation is 1. The number of carbonyl (C=O) groups is 1. The van der Waals surface area contributed by atoms with E-state index >= 15 is 0 Å². The number of halogens is 2. The highest BCUT2D eigenvalue weighted by Gasteiger charge is 2.21. The normalized spacial score (nSPS) is 13.9. The molecule has 1 N–H and O–H groups in total. The number of amides is 1. The average molecular weight is 378 g/mol. The molecule has 1 amide bonds. The second kappa shape index (κ2) is 9.03. The Bertz CT molecular complexity index is 807. The van der Waals surface area contributed by atoms with Gasteiger partial charge in [-0.2, -0.15) is 0 Å². The predicted octanol–water partition coefficient (Wildman–Crippen LogP) is 3.70. The standard InChI is InChI=1S/C19H24F2N4O2/c1-2-27-10-6-8-18(26)22-16-11-13(14(20)12-15(16)21)19-24-23-17-7-4-3-5-9-25(17)19/h11-12H,2-10H2,1H3,(H,22,26). The van der Waals surface area contributed by atoms with Crippen LogP contribution in [0.4, 0.5) is 14.5 Å². The Labute approximate surface area is 156 Å². The molecule has 27 heavy (non-hydrogen) atoms. The minimum atomic E-state index is -0.815. The Morgan fingerprint density at radius 2 is 2.07 bits per heavy atom. The van der Waals surface area contributed by atoms with E-state index < -0.39 is 11.6 Å². The number of benzene rings is 1. The molecule has 0 fully saturated rings. The van der Waals surface area contributed by atoms with E-state index in [4.69, 9.17) is 4.74 Å². The van der Waals surface area contributed by atoms with Gasteiger partial charge in [-0.15, -0.1) is 10.2 Å². The fraction of sp³-hybridized carbons (Fsp3) is 0.526. The number of anilines is 1. The molecule has 0 saturated carbocycles. The zero-order chi connectivity index (χ0) is 19.2. The van der Waals surface area contributed by atoms with Crippen LogP contribution in [0.5, 0.6) is 0 Å². The van der Waals surface area contributed by atoms with Crippen LogP contribution in [0.1, 0.15) is 44.9 Å². The van der Waals surface area contributed by atoms with Crippen LogP contribution in [-0.2, 0) is 22.5 Å². The van der Waals surface area contributed by atoms with Crippen molar-refractivity contribution >= 4 is 11.6 Å². The molecule has 0 bridgehead atoms. The molecule has 1 aliphatic rings. The van der Waals surface area contributed by atoms with Crippen molar-refractivity contribution in [3.8, 4) is 11.4 Å². The van der Waals surface area contributed by atoms with Gasteiger partial charge in [-0.3, -0.25) is 4.79 Å². The van der Waals surface area contributed by atoms with Crippen LogP contribution in [0.15, 0.2) is 12.1 Å². The van der Waals surface area contributed by atoms with Crippen molar-refractivity contribution in [2.75, 3.05) is 18.5 Å². The number of nitrogens with zero attached hydrogens (tertiary/aromatic N) is 3. The number of fused-ring (bicyclic) bond motifs is 1. The lowest BCUT2D eigenvalue weighted by Crippen LogP contribution is -2.14. The van der Waals surface area contributed by atoms with Gasteiger partial charge in [0.05, 0.1) is 11.3 Å². The van der Waals surface area contributed by atoms with Gasteiger partial charge in [-0.05, 0) is 32.3 Å². The van der Waals surface area contributed by atoms with E-state index in [9.17, 15) is 13.6 Å². The highest BCUT2D eigenvalue weighted by molar-refractivity contribution is 5.91. The molecule has 1 aromatic carbocycles. The lowest BCUT2D eigenvalue weighted by atomic mass is 10.1. The molecule has 1 aromatic heterocycles. The molecule has 8 heteroatoms. The largest absolute Gasteiger partial charge is 0.382 e. The molecule has 3 rings (SSSR count). The van der Waals surface area contributed by atoms with Gasteiger partial charge in [0.2, 0.25) is 5.91 Å². The first kappa shape index (κ1) is 19.4. The Morgan fingerprint density at radius 1 is 1.22 bits per heavy atom. The maximum absolute atomic E-state index is 14.4. The van der Waals surface area contributed by atoms with Gasteiger partial charge in [-0.1, -0.05) is 6.42 Å². The van der Waals surface area contributed by atoms with Crippen LogP contribution in [0, 0.1) is 11.6 Å². The van der Waals surface area contributed by atoms with Gasteiger partial charge in [0.1, 0.15) is 17.5 Å². The third kappa shape index (κ3) is 4.68. The van der Waals surface area contributed by atoms with Crippen LogP contribution < -0.4 is 5.32 Å². The summed E-state index contributed by atoms with van der Waals surface area (Å²) in [6, 6.07) is 2.08. The fourth-order valence-corrected chi connectivity index (χ4v) is 3.19. The maximum Gasteiger partial charge on any atom is 0.224 e. The van der Waals surface area contributed by atoms with Crippen molar-refractivity contribution in [3.63, 3.8) is 0 Å². The summed E-state index contributed by atoms with van der Waals surface area (Å²) in [5, 5.41) is 10.8. The van der Waals surface area contributed by atoms with Crippen molar-refractivity contribution in [3.05, 3.63) is 29.6 Å². The number of nitrogens with one attached hydrogen (secondary N) is 1. The average Bonchev–Trinajstić information content (AvgIpc) is 2.89. The van der Waals surface area contributed by atoms with Crippen LogP contribution in [-0.4, -0.2) is 33.9 Å². The molecule has 2 heterocycles. The summed E-state index contributed by atoms with van der Waals surface area (Å²) in [5.41, 5.74) is 0.0837. The van der Waals surface area contributed by atoms with Crippen molar-refractivity contribution < 1.29 is 18.3 Å². The van der Waals surface area contributed by atoms with Gasteiger partial charge in [0.15, 0.2) is 5.82 Å². The van der Waals surface area contributed by atoms with Crippen molar-refractivity contribution in [2.24, 2.45) is 0 Å². The Morgan fingerprint density at radius 3 is 2.89 bits per heavy atom.